The Hall–Kier alpha value is -0.120. The van der Waals surface area contributed by atoms with Crippen LogP contribution in [0.1, 0.15) is 26.7 Å². The fraction of sp³-hybridized carbons (Fsp3) is 1.00. The third-order valence-electron chi connectivity index (χ3n) is 4.80. The van der Waals surface area contributed by atoms with Gasteiger partial charge in [-0.25, -0.2) is 0 Å². The van der Waals surface area contributed by atoms with Gasteiger partial charge in [-0.1, -0.05) is 0 Å². The molecule has 16 heavy (non-hydrogen) atoms. The summed E-state index contributed by atoms with van der Waals surface area (Å²) in [6.45, 7) is 11.9. The summed E-state index contributed by atoms with van der Waals surface area (Å²) in [6.07, 6.45) is 2.82. The molecule has 1 spiro atoms. The molecule has 3 heteroatoms. The van der Waals surface area contributed by atoms with E-state index < -0.39 is 0 Å². The van der Waals surface area contributed by atoms with E-state index in [1.807, 2.05) is 0 Å². The van der Waals surface area contributed by atoms with Crippen LogP contribution in [0.4, 0.5) is 0 Å². The van der Waals surface area contributed by atoms with Crippen LogP contribution in [-0.4, -0.2) is 61.3 Å². The third-order valence-corrected chi connectivity index (χ3v) is 4.80. The van der Waals surface area contributed by atoms with Crippen LogP contribution in [0.2, 0.25) is 0 Å². The van der Waals surface area contributed by atoms with Crippen molar-refractivity contribution >= 4 is 0 Å². The smallest absolute Gasteiger partial charge is 0.0645 e. The maximum absolute atomic E-state index is 5.31. The van der Waals surface area contributed by atoms with E-state index >= 15 is 0 Å². The predicted octanol–water partition coefficient (Wildman–Crippen LogP) is 1.19. The summed E-state index contributed by atoms with van der Waals surface area (Å²) in [5.41, 5.74) is 0.625. The molecule has 3 aliphatic rings. The van der Waals surface area contributed by atoms with Crippen molar-refractivity contribution in [3.63, 3.8) is 0 Å². The molecule has 0 aromatic carbocycles. The number of ether oxygens (including phenoxy) is 1. The Kier molecular flexibility index (Phi) is 2.73. The van der Waals surface area contributed by atoms with Gasteiger partial charge in [0.1, 0.15) is 0 Å². The zero-order chi connectivity index (χ0) is 11.2. The first-order valence-corrected chi connectivity index (χ1v) is 6.74. The summed E-state index contributed by atoms with van der Waals surface area (Å²) in [4.78, 5) is 5.33. The normalized spacial score (nSPS) is 37.7. The lowest BCUT2D eigenvalue weighted by Crippen LogP contribution is -2.48. The van der Waals surface area contributed by atoms with Gasteiger partial charge in [-0.2, -0.15) is 0 Å². The molecular weight excluding hydrogens is 200 g/mol. The molecule has 3 heterocycles. The second-order valence-corrected chi connectivity index (χ2v) is 6.23. The van der Waals surface area contributed by atoms with Gasteiger partial charge in [0.15, 0.2) is 0 Å². The molecule has 0 saturated carbocycles. The van der Waals surface area contributed by atoms with Gasteiger partial charge < -0.3 is 9.64 Å². The van der Waals surface area contributed by atoms with E-state index in [-0.39, 0.29) is 0 Å². The molecule has 0 aromatic rings. The van der Waals surface area contributed by atoms with E-state index in [9.17, 15) is 0 Å². The molecule has 1 unspecified atom stereocenters. The Morgan fingerprint density at radius 2 is 1.88 bits per heavy atom. The predicted molar refractivity (Wildman–Crippen MR) is 64.6 cm³/mol. The van der Waals surface area contributed by atoms with Gasteiger partial charge in [0.2, 0.25) is 0 Å². The van der Waals surface area contributed by atoms with E-state index in [0.717, 1.165) is 25.3 Å². The summed E-state index contributed by atoms with van der Waals surface area (Å²) in [5.74, 6) is 0. The van der Waals surface area contributed by atoms with E-state index in [0.29, 0.717) is 5.41 Å². The van der Waals surface area contributed by atoms with E-state index in [4.69, 9.17) is 4.74 Å². The molecule has 3 saturated heterocycles. The third kappa shape index (κ3) is 1.79. The number of hydrogen-bond acceptors (Lipinski definition) is 3. The van der Waals surface area contributed by atoms with Gasteiger partial charge in [-0.05, 0) is 45.2 Å². The molecule has 0 bridgehead atoms. The van der Waals surface area contributed by atoms with Crippen LogP contribution >= 0.6 is 0 Å². The first kappa shape index (κ1) is 11.0. The van der Waals surface area contributed by atoms with Crippen LogP contribution in [0.3, 0.4) is 0 Å². The Balaban J connectivity index is 1.60. The van der Waals surface area contributed by atoms with Crippen molar-refractivity contribution in [2.24, 2.45) is 5.41 Å². The largest absolute Gasteiger partial charge is 0.378 e. The lowest BCUT2D eigenvalue weighted by Gasteiger charge is -2.35. The lowest BCUT2D eigenvalue weighted by atomic mass is 9.86. The monoisotopic (exact) mass is 224 g/mol. The second-order valence-electron chi connectivity index (χ2n) is 6.23. The Labute approximate surface area is 98.7 Å². The number of hydrogen-bond donors (Lipinski definition) is 0. The molecular formula is C13H24N2O. The standard InChI is InChI=1S/C13H24N2O/c1-11(2)14-5-3-13(9-14)4-6-15(10-13)12-7-16-8-12/h11-12H,3-10H2,1-2H3. The first-order chi connectivity index (χ1) is 7.69. The second kappa shape index (κ2) is 3.97. The Bertz CT molecular complexity index is 265. The number of rotatable bonds is 2. The van der Waals surface area contributed by atoms with E-state index in [2.05, 4.69) is 23.6 Å². The minimum atomic E-state index is 0.625. The molecule has 3 nitrogen and oxygen atoms in total. The zero-order valence-corrected chi connectivity index (χ0v) is 10.6. The van der Waals surface area contributed by atoms with Gasteiger partial charge in [0, 0.05) is 19.1 Å². The number of likely N-dealkylation sites (tertiary alicyclic amines) is 2. The summed E-state index contributed by atoms with van der Waals surface area (Å²) >= 11 is 0. The Morgan fingerprint density at radius 1 is 1.12 bits per heavy atom. The maximum Gasteiger partial charge on any atom is 0.0645 e. The van der Waals surface area contributed by atoms with Gasteiger partial charge in [-0.15, -0.1) is 0 Å². The van der Waals surface area contributed by atoms with Crippen LogP contribution in [0.5, 0.6) is 0 Å². The zero-order valence-electron chi connectivity index (χ0n) is 10.6. The molecule has 3 fully saturated rings. The van der Waals surface area contributed by atoms with Crippen molar-refractivity contribution in [2.75, 3.05) is 39.4 Å². The highest BCUT2D eigenvalue weighted by Gasteiger charge is 2.46. The first-order valence-electron chi connectivity index (χ1n) is 6.74. The average molecular weight is 224 g/mol. The minimum absolute atomic E-state index is 0.625. The number of nitrogens with zero attached hydrogens (tertiary/aromatic N) is 2. The lowest BCUT2D eigenvalue weighted by molar-refractivity contribution is -0.0600. The fourth-order valence-electron chi connectivity index (χ4n) is 3.46. The van der Waals surface area contributed by atoms with Crippen molar-refractivity contribution in [3.05, 3.63) is 0 Å². The van der Waals surface area contributed by atoms with Crippen molar-refractivity contribution in [1.82, 2.24) is 9.80 Å². The molecule has 0 amide bonds. The molecule has 0 aromatic heterocycles. The summed E-state index contributed by atoms with van der Waals surface area (Å²) < 4.78 is 5.31. The Morgan fingerprint density at radius 3 is 2.44 bits per heavy atom. The molecule has 3 aliphatic heterocycles. The van der Waals surface area contributed by atoms with Crippen LogP contribution in [0, 0.1) is 5.41 Å². The van der Waals surface area contributed by atoms with Gasteiger partial charge in [-0.3, -0.25) is 4.90 Å². The van der Waals surface area contributed by atoms with Crippen molar-refractivity contribution < 1.29 is 4.74 Å². The van der Waals surface area contributed by atoms with Crippen LogP contribution < -0.4 is 0 Å². The topological polar surface area (TPSA) is 15.7 Å². The molecule has 92 valence electrons. The van der Waals surface area contributed by atoms with Crippen molar-refractivity contribution in [1.29, 1.82) is 0 Å². The highest BCUT2D eigenvalue weighted by molar-refractivity contribution is 4.99. The molecule has 0 aliphatic carbocycles. The summed E-state index contributed by atoms with van der Waals surface area (Å²) in [5, 5.41) is 0. The summed E-state index contributed by atoms with van der Waals surface area (Å²) in [7, 11) is 0. The quantitative estimate of drug-likeness (QED) is 0.701. The van der Waals surface area contributed by atoms with Crippen LogP contribution in [0.15, 0.2) is 0 Å². The molecule has 1 atom stereocenters. The van der Waals surface area contributed by atoms with Crippen LogP contribution in [0.25, 0.3) is 0 Å². The van der Waals surface area contributed by atoms with Gasteiger partial charge in [0.05, 0.1) is 19.3 Å². The summed E-state index contributed by atoms with van der Waals surface area (Å²) in [6, 6.07) is 1.47. The molecule has 0 radical (unpaired) electrons. The average Bonchev–Trinajstić information content (AvgIpc) is 2.73. The van der Waals surface area contributed by atoms with Gasteiger partial charge >= 0.3 is 0 Å². The van der Waals surface area contributed by atoms with Crippen molar-refractivity contribution in [2.45, 2.75) is 38.8 Å². The van der Waals surface area contributed by atoms with E-state index in [1.165, 1.54) is 39.0 Å². The minimum Gasteiger partial charge on any atom is -0.378 e. The maximum atomic E-state index is 5.31. The molecule has 3 rings (SSSR count). The van der Waals surface area contributed by atoms with E-state index in [1.54, 1.807) is 0 Å². The SMILES string of the molecule is CC(C)N1CCC2(CCN(C3COC3)C2)C1. The molecule has 0 N–H and O–H groups in total. The van der Waals surface area contributed by atoms with Gasteiger partial charge in [0.25, 0.3) is 0 Å². The highest BCUT2D eigenvalue weighted by Crippen LogP contribution is 2.41. The fourth-order valence-corrected chi connectivity index (χ4v) is 3.46. The van der Waals surface area contributed by atoms with Crippen molar-refractivity contribution in [3.8, 4) is 0 Å². The highest BCUT2D eigenvalue weighted by atomic mass is 16.5. The van der Waals surface area contributed by atoms with Crippen LogP contribution in [-0.2, 0) is 4.74 Å².